The highest BCUT2D eigenvalue weighted by atomic mass is 35.5. The second-order valence-corrected chi connectivity index (χ2v) is 4.15. The smallest absolute Gasteiger partial charge is 0.257 e. The van der Waals surface area contributed by atoms with Gasteiger partial charge < -0.3 is 14.7 Å². The van der Waals surface area contributed by atoms with Gasteiger partial charge in [-0.05, 0) is 18.2 Å². The number of nitrogens with zero attached hydrogens (tertiary/aromatic N) is 1. The third-order valence-electron chi connectivity index (χ3n) is 2.54. The van der Waals surface area contributed by atoms with Crippen LogP contribution in [0.2, 0.25) is 5.02 Å². The van der Waals surface area contributed by atoms with E-state index >= 15 is 0 Å². The molecule has 4 nitrogen and oxygen atoms in total. The summed E-state index contributed by atoms with van der Waals surface area (Å²) in [7, 11) is 1.49. The van der Waals surface area contributed by atoms with Crippen LogP contribution in [0.4, 0.5) is 0 Å². The molecule has 1 aromatic rings. The van der Waals surface area contributed by atoms with E-state index < -0.39 is 6.10 Å². The minimum absolute atomic E-state index is 0.140. The molecule has 0 radical (unpaired) electrons. The topological polar surface area (TPSA) is 49.8 Å². The molecule has 1 amide bonds. The van der Waals surface area contributed by atoms with Crippen molar-refractivity contribution in [2.45, 2.75) is 6.10 Å². The van der Waals surface area contributed by atoms with Crippen LogP contribution in [0.1, 0.15) is 10.4 Å². The number of methoxy groups -OCH3 is 1. The van der Waals surface area contributed by atoms with Crippen LogP contribution in [-0.2, 0) is 0 Å². The molecule has 2 rings (SSSR count). The average molecular weight is 242 g/mol. The molecule has 0 spiro atoms. The quantitative estimate of drug-likeness (QED) is 0.846. The molecule has 1 aliphatic rings. The van der Waals surface area contributed by atoms with Gasteiger partial charge in [0.25, 0.3) is 5.91 Å². The highest BCUT2D eigenvalue weighted by Crippen LogP contribution is 2.25. The summed E-state index contributed by atoms with van der Waals surface area (Å²) in [5, 5.41) is 9.66. The number of aliphatic hydroxyl groups excluding tert-OH is 1. The van der Waals surface area contributed by atoms with Gasteiger partial charge in [0.2, 0.25) is 0 Å². The highest BCUT2D eigenvalue weighted by molar-refractivity contribution is 6.30. The van der Waals surface area contributed by atoms with Crippen LogP contribution in [0.5, 0.6) is 5.75 Å². The zero-order chi connectivity index (χ0) is 11.7. The second kappa shape index (κ2) is 4.31. The van der Waals surface area contributed by atoms with E-state index in [1.54, 1.807) is 23.1 Å². The van der Waals surface area contributed by atoms with E-state index in [2.05, 4.69) is 0 Å². The molecule has 0 unspecified atom stereocenters. The molecule has 1 aromatic carbocycles. The van der Waals surface area contributed by atoms with Crippen molar-refractivity contribution in [2.75, 3.05) is 20.2 Å². The van der Waals surface area contributed by atoms with E-state index in [0.29, 0.717) is 29.4 Å². The molecule has 1 heterocycles. The Morgan fingerprint density at radius 2 is 2.25 bits per heavy atom. The Morgan fingerprint density at radius 1 is 1.56 bits per heavy atom. The van der Waals surface area contributed by atoms with Crippen molar-refractivity contribution in [3.05, 3.63) is 28.8 Å². The Morgan fingerprint density at radius 3 is 2.81 bits per heavy atom. The van der Waals surface area contributed by atoms with Gasteiger partial charge in [0.1, 0.15) is 5.75 Å². The molecule has 0 aromatic heterocycles. The Hall–Kier alpha value is -1.26. The number of hydrogen-bond acceptors (Lipinski definition) is 3. The van der Waals surface area contributed by atoms with E-state index in [4.69, 9.17) is 21.4 Å². The van der Waals surface area contributed by atoms with Crippen molar-refractivity contribution in [2.24, 2.45) is 0 Å². The standard InChI is InChI=1S/C11H12ClNO3/c1-16-10-4-7(12)2-3-9(10)11(15)13-5-8(14)6-13/h2-4,8,14H,5-6H2,1H3. The third kappa shape index (κ3) is 1.99. The van der Waals surface area contributed by atoms with E-state index in [1.807, 2.05) is 0 Å². The van der Waals surface area contributed by atoms with Gasteiger partial charge >= 0.3 is 0 Å². The zero-order valence-corrected chi connectivity index (χ0v) is 9.57. The van der Waals surface area contributed by atoms with Crippen LogP contribution in [0, 0.1) is 0 Å². The first kappa shape index (κ1) is 11.2. The molecular weight excluding hydrogens is 230 g/mol. The molecule has 0 saturated carbocycles. The average Bonchev–Trinajstić information content (AvgIpc) is 2.23. The van der Waals surface area contributed by atoms with Gasteiger partial charge in [0, 0.05) is 18.1 Å². The largest absolute Gasteiger partial charge is 0.496 e. The van der Waals surface area contributed by atoms with Crippen molar-refractivity contribution in [3.8, 4) is 5.75 Å². The number of amides is 1. The maximum absolute atomic E-state index is 12.0. The number of benzene rings is 1. The Bertz CT molecular complexity index is 416. The molecule has 1 N–H and O–H groups in total. The molecular formula is C11H12ClNO3. The van der Waals surface area contributed by atoms with Gasteiger partial charge in [-0.1, -0.05) is 11.6 Å². The molecule has 0 bridgehead atoms. The lowest BCUT2D eigenvalue weighted by molar-refractivity contribution is 0.00570. The van der Waals surface area contributed by atoms with Crippen molar-refractivity contribution in [1.29, 1.82) is 0 Å². The Kier molecular flexibility index (Phi) is 3.03. The first-order chi connectivity index (χ1) is 7.61. The number of aliphatic hydroxyl groups is 1. The summed E-state index contributed by atoms with van der Waals surface area (Å²) in [4.78, 5) is 13.5. The SMILES string of the molecule is COc1cc(Cl)ccc1C(=O)N1CC(O)C1. The summed E-state index contributed by atoms with van der Waals surface area (Å²) in [5.41, 5.74) is 0.471. The van der Waals surface area contributed by atoms with Gasteiger partial charge in [-0.3, -0.25) is 4.79 Å². The molecule has 1 saturated heterocycles. The summed E-state index contributed by atoms with van der Waals surface area (Å²) in [6, 6.07) is 4.88. The maximum Gasteiger partial charge on any atom is 0.257 e. The number of likely N-dealkylation sites (tertiary alicyclic amines) is 1. The summed E-state index contributed by atoms with van der Waals surface area (Å²) >= 11 is 5.81. The van der Waals surface area contributed by atoms with Crippen LogP contribution in [-0.4, -0.2) is 42.2 Å². The predicted octanol–water partition coefficient (Wildman–Crippen LogP) is 1.17. The molecule has 5 heteroatoms. The minimum Gasteiger partial charge on any atom is -0.496 e. The number of hydrogen-bond donors (Lipinski definition) is 1. The summed E-state index contributed by atoms with van der Waals surface area (Å²) in [6.45, 7) is 0.759. The first-order valence-electron chi connectivity index (χ1n) is 4.92. The highest BCUT2D eigenvalue weighted by Gasteiger charge is 2.30. The van der Waals surface area contributed by atoms with Crippen molar-refractivity contribution in [3.63, 3.8) is 0 Å². The summed E-state index contributed by atoms with van der Waals surface area (Å²) < 4.78 is 5.10. The number of β-amino-alcohol motifs (C(OH)–C–C–N with tert-alkyl or cyclic N) is 1. The molecule has 16 heavy (non-hydrogen) atoms. The number of ether oxygens (including phenoxy) is 1. The van der Waals surface area contributed by atoms with Gasteiger partial charge in [-0.25, -0.2) is 0 Å². The lowest BCUT2D eigenvalue weighted by atomic mass is 10.1. The monoisotopic (exact) mass is 241 g/mol. The van der Waals surface area contributed by atoms with Gasteiger partial charge in [-0.2, -0.15) is 0 Å². The molecule has 0 aliphatic carbocycles. The molecule has 1 fully saturated rings. The van der Waals surface area contributed by atoms with Crippen LogP contribution in [0.25, 0.3) is 0 Å². The number of carbonyl (C=O) groups is 1. The van der Waals surface area contributed by atoms with Crippen molar-refractivity contribution in [1.82, 2.24) is 4.90 Å². The minimum atomic E-state index is -0.401. The lowest BCUT2D eigenvalue weighted by Gasteiger charge is -2.36. The fraction of sp³-hybridized carbons (Fsp3) is 0.364. The van der Waals surface area contributed by atoms with Crippen molar-refractivity contribution < 1.29 is 14.6 Å². The van der Waals surface area contributed by atoms with E-state index in [-0.39, 0.29) is 5.91 Å². The summed E-state index contributed by atoms with van der Waals surface area (Å²) in [6.07, 6.45) is -0.401. The Labute approximate surface area is 98.4 Å². The predicted molar refractivity (Wildman–Crippen MR) is 59.9 cm³/mol. The zero-order valence-electron chi connectivity index (χ0n) is 8.81. The second-order valence-electron chi connectivity index (χ2n) is 3.71. The van der Waals surface area contributed by atoms with Crippen LogP contribution in [0.15, 0.2) is 18.2 Å². The van der Waals surface area contributed by atoms with Gasteiger partial charge in [0.05, 0.1) is 18.8 Å². The molecule has 0 atom stereocenters. The van der Waals surface area contributed by atoms with E-state index in [0.717, 1.165) is 0 Å². The van der Waals surface area contributed by atoms with Gasteiger partial charge in [0.15, 0.2) is 0 Å². The maximum atomic E-state index is 12.0. The third-order valence-corrected chi connectivity index (χ3v) is 2.78. The van der Waals surface area contributed by atoms with Crippen LogP contribution >= 0.6 is 11.6 Å². The fourth-order valence-corrected chi connectivity index (χ4v) is 1.80. The number of rotatable bonds is 2. The molecule has 1 aliphatic heterocycles. The summed E-state index contributed by atoms with van der Waals surface area (Å²) in [5.74, 6) is 0.317. The van der Waals surface area contributed by atoms with Crippen LogP contribution < -0.4 is 4.74 Å². The van der Waals surface area contributed by atoms with Gasteiger partial charge in [-0.15, -0.1) is 0 Å². The normalized spacial score (nSPS) is 15.8. The number of carbonyl (C=O) groups excluding carboxylic acids is 1. The van der Waals surface area contributed by atoms with E-state index in [9.17, 15) is 4.79 Å². The number of halogens is 1. The van der Waals surface area contributed by atoms with E-state index in [1.165, 1.54) is 7.11 Å². The fourth-order valence-electron chi connectivity index (χ4n) is 1.63. The van der Waals surface area contributed by atoms with Crippen LogP contribution in [0.3, 0.4) is 0 Å². The Balaban J connectivity index is 2.22. The molecule has 86 valence electrons. The van der Waals surface area contributed by atoms with Crippen molar-refractivity contribution >= 4 is 17.5 Å². The first-order valence-corrected chi connectivity index (χ1v) is 5.30. The lowest BCUT2D eigenvalue weighted by Crippen LogP contribution is -2.53.